The molecule has 0 fully saturated rings. The van der Waals surface area contributed by atoms with Gasteiger partial charge < -0.3 is 18.9 Å². The van der Waals surface area contributed by atoms with E-state index in [9.17, 15) is 12.8 Å². The molecule has 9 heteroatoms. The summed E-state index contributed by atoms with van der Waals surface area (Å²) in [5.41, 5.74) is 1.97. The Kier molecular flexibility index (Phi) is 7.68. The second-order valence-corrected chi connectivity index (χ2v) is 8.94. The van der Waals surface area contributed by atoms with Crippen LogP contribution in [0, 0.1) is 12.7 Å². The molecule has 0 heterocycles. The van der Waals surface area contributed by atoms with Gasteiger partial charge in [-0.2, -0.15) is 0 Å². The molecule has 0 aliphatic heterocycles. The lowest BCUT2D eigenvalue weighted by atomic mass is 10.1. The standard InChI is InChI=1S/C25H26FNO6S/c1-16-6-11-19(12-7-16)34(28,29)27-23-18(10-13-20(26)24(23)32-4)9-8-17-14-21(30-2)25(33-5)22(15-17)31-3/h6-15,27H,1-5H3. The largest absolute Gasteiger partial charge is 0.493 e. The topological polar surface area (TPSA) is 83.1 Å². The first kappa shape index (κ1) is 24.9. The van der Waals surface area contributed by atoms with Gasteiger partial charge in [0.25, 0.3) is 10.0 Å². The van der Waals surface area contributed by atoms with Crippen LogP contribution in [-0.4, -0.2) is 36.9 Å². The highest BCUT2D eigenvalue weighted by atomic mass is 32.2. The Labute approximate surface area is 198 Å². The van der Waals surface area contributed by atoms with Gasteiger partial charge in [0.1, 0.15) is 5.69 Å². The quantitative estimate of drug-likeness (QED) is 0.421. The van der Waals surface area contributed by atoms with Crippen LogP contribution >= 0.6 is 0 Å². The molecule has 0 aliphatic carbocycles. The number of nitrogens with one attached hydrogen (secondary N) is 1. The Morgan fingerprint density at radius 3 is 1.91 bits per heavy atom. The van der Waals surface area contributed by atoms with Gasteiger partial charge >= 0.3 is 0 Å². The van der Waals surface area contributed by atoms with Crippen LogP contribution in [0.4, 0.5) is 10.1 Å². The minimum atomic E-state index is -4.00. The summed E-state index contributed by atoms with van der Waals surface area (Å²) in [5, 5.41) is 0. The number of benzene rings is 3. The second-order valence-electron chi connectivity index (χ2n) is 7.26. The van der Waals surface area contributed by atoms with E-state index in [1.165, 1.54) is 52.7 Å². The van der Waals surface area contributed by atoms with Gasteiger partial charge in [-0.15, -0.1) is 0 Å². The first-order valence-electron chi connectivity index (χ1n) is 10.2. The molecule has 0 atom stereocenters. The third-order valence-electron chi connectivity index (χ3n) is 5.06. The summed E-state index contributed by atoms with van der Waals surface area (Å²) in [5.74, 6) is 0.436. The minimum absolute atomic E-state index is 0.0215. The zero-order valence-electron chi connectivity index (χ0n) is 19.5. The molecule has 0 aliphatic rings. The summed E-state index contributed by atoms with van der Waals surface area (Å²) >= 11 is 0. The van der Waals surface area contributed by atoms with Crippen molar-refractivity contribution < 1.29 is 31.8 Å². The Bertz CT molecular complexity index is 1280. The fourth-order valence-electron chi connectivity index (χ4n) is 3.31. The number of aryl methyl sites for hydroxylation is 1. The summed E-state index contributed by atoms with van der Waals surface area (Å²) in [6.07, 6.45) is 3.34. The molecule has 0 radical (unpaired) electrons. The molecular weight excluding hydrogens is 461 g/mol. The Morgan fingerprint density at radius 2 is 1.38 bits per heavy atom. The van der Waals surface area contributed by atoms with E-state index in [1.807, 2.05) is 6.92 Å². The zero-order chi connectivity index (χ0) is 24.9. The van der Waals surface area contributed by atoms with Crippen molar-refractivity contribution in [1.82, 2.24) is 0 Å². The van der Waals surface area contributed by atoms with E-state index in [4.69, 9.17) is 18.9 Å². The van der Waals surface area contributed by atoms with E-state index < -0.39 is 15.8 Å². The summed E-state index contributed by atoms with van der Waals surface area (Å²) in [6, 6.07) is 12.5. The van der Waals surface area contributed by atoms with Gasteiger partial charge in [-0.1, -0.05) is 29.8 Å². The molecule has 3 rings (SSSR count). The van der Waals surface area contributed by atoms with Crippen LogP contribution in [0.25, 0.3) is 12.2 Å². The van der Waals surface area contributed by atoms with Crippen molar-refractivity contribution in [3.05, 3.63) is 71.0 Å². The number of halogens is 1. The van der Waals surface area contributed by atoms with Gasteiger partial charge in [0, 0.05) is 5.56 Å². The second kappa shape index (κ2) is 10.5. The Morgan fingerprint density at radius 1 is 0.794 bits per heavy atom. The monoisotopic (exact) mass is 487 g/mol. The van der Waals surface area contributed by atoms with Gasteiger partial charge in [0.15, 0.2) is 23.1 Å². The average Bonchev–Trinajstić information content (AvgIpc) is 2.83. The van der Waals surface area contributed by atoms with Crippen molar-refractivity contribution in [1.29, 1.82) is 0 Å². The van der Waals surface area contributed by atoms with E-state index in [0.29, 0.717) is 28.4 Å². The molecule has 7 nitrogen and oxygen atoms in total. The number of hydrogen-bond acceptors (Lipinski definition) is 6. The fourth-order valence-corrected chi connectivity index (χ4v) is 4.40. The molecule has 34 heavy (non-hydrogen) atoms. The van der Waals surface area contributed by atoms with Crippen LogP contribution in [-0.2, 0) is 10.0 Å². The third-order valence-corrected chi connectivity index (χ3v) is 6.42. The smallest absolute Gasteiger partial charge is 0.262 e. The molecule has 0 amide bonds. The van der Waals surface area contributed by atoms with Crippen molar-refractivity contribution in [3.63, 3.8) is 0 Å². The van der Waals surface area contributed by atoms with E-state index in [0.717, 1.165) is 5.56 Å². The molecule has 3 aromatic rings. The Hall–Kier alpha value is -3.72. The zero-order valence-corrected chi connectivity index (χ0v) is 20.3. The molecule has 0 bridgehead atoms. The summed E-state index contributed by atoms with van der Waals surface area (Å²) in [7, 11) is 1.79. The number of hydrogen-bond donors (Lipinski definition) is 1. The van der Waals surface area contributed by atoms with Crippen LogP contribution in [0.15, 0.2) is 53.4 Å². The predicted molar refractivity (Wildman–Crippen MR) is 130 cm³/mol. The predicted octanol–water partition coefficient (Wildman–Crippen LogP) is 5.14. The summed E-state index contributed by atoms with van der Waals surface area (Å²) in [6.45, 7) is 1.85. The van der Waals surface area contributed by atoms with Crippen molar-refractivity contribution >= 4 is 27.9 Å². The lowest BCUT2D eigenvalue weighted by Gasteiger charge is -2.16. The first-order chi connectivity index (χ1) is 16.2. The lowest BCUT2D eigenvalue weighted by molar-refractivity contribution is 0.324. The van der Waals surface area contributed by atoms with Crippen molar-refractivity contribution in [3.8, 4) is 23.0 Å². The lowest BCUT2D eigenvalue weighted by Crippen LogP contribution is -2.15. The van der Waals surface area contributed by atoms with Gasteiger partial charge in [-0.25, -0.2) is 12.8 Å². The highest BCUT2D eigenvalue weighted by molar-refractivity contribution is 7.92. The van der Waals surface area contributed by atoms with Gasteiger partial charge in [0.05, 0.1) is 33.3 Å². The SMILES string of the molecule is COc1cc(C=Cc2ccc(F)c(OC)c2NS(=O)(=O)c2ccc(C)cc2)cc(OC)c1OC. The first-order valence-corrected chi connectivity index (χ1v) is 11.7. The van der Waals surface area contributed by atoms with Crippen LogP contribution in [0.5, 0.6) is 23.0 Å². The van der Waals surface area contributed by atoms with Crippen molar-refractivity contribution in [2.24, 2.45) is 0 Å². The number of sulfonamides is 1. The molecule has 3 aromatic carbocycles. The molecule has 0 saturated carbocycles. The number of methoxy groups -OCH3 is 4. The molecule has 180 valence electrons. The third kappa shape index (κ3) is 5.26. The van der Waals surface area contributed by atoms with E-state index in [1.54, 1.807) is 36.4 Å². The molecule has 0 spiro atoms. The maximum Gasteiger partial charge on any atom is 0.262 e. The summed E-state index contributed by atoms with van der Waals surface area (Å²) in [4.78, 5) is 0.0453. The van der Waals surface area contributed by atoms with Gasteiger partial charge in [-0.05, 0) is 48.9 Å². The van der Waals surface area contributed by atoms with Crippen molar-refractivity contribution in [2.75, 3.05) is 33.2 Å². The minimum Gasteiger partial charge on any atom is -0.493 e. The number of ether oxygens (including phenoxy) is 4. The van der Waals surface area contributed by atoms with Gasteiger partial charge in [0.2, 0.25) is 5.75 Å². The maximum absolute atomic E-state index is 14.5. The Balaban J connectivity index is 2.07. The molecule has 0 saturated heterocycles. The molecule has 1 N–H and O–H groups in total. The normalized spacial score (nSPS) is 11.4. The van der Waals surface area contributed by atoms with Crippen molar-refractivity contribution in [2.45, 2.75) is 11.8 Å². The average molecular weight is 488 g/mol. The maximum atomic E-state index is 14.5. The van der Waals surface area contributed by atoms with Crippen LogP contribution in [0.2, 0.25) is 0 Å². The van der Waals surface area contributed by atoms with E-state index >= 15 is 0 Å². The fraction of sp³-hybridized carbons (Fsp3) is 0.200. The molecule has 0 aromatic heterocycles. The highest BCUT2D eigenvalue weighted by Crippen LogP contribution is 2.39. The van der Waals surface area contributed by atoms with Crippen LogP contribution < -0.4 is 23.7 Å². The van der Waals surface area contributed by atoms with E-state index in [-0.39, 0.29) is 16.3 Å². The summed E-state index contributed by atoms with van der Waals surface area (Å²) < 4.78 is 64.2. The van der Waals surface area contributed by atoms with Gasteiger partial charge in [-0.3, -0.25) is 4.72 Å². The van der Waals surface area contributed by atoms with Crippen LogP contribution in [0.1, 0.15) is 16.7 Å². The van der Waals surface area contributed by atoms with E-state index in [2.05, 4.69) is 4.72 Å². The highest BCUT2D eigenvalue weighted by Gasteiger charge is 2.21. The molecule has 0 unspecified atom stereocenters. The van der Waals surface area contributed by atoms with Crippen LogP contribution in [0.3, 0.4) is 0 Å². The molecular formula is C25H26FNO6S. The number of rotatable bonds is 9. The number of anilines is 1.